The van der Waals surface area contributed by atoms with Gasteiger partial charge in [-0.15, -0.1) is 11.3 Å². The van der Waals surface area contributed by atoms with E-state index >= 15 is 0 Å². The number of aromatic amines is 1. The molecule has 4 nitrogen and oxygen atoms in total. The van der Waals surface area contributed by atoms with Crippen LogP contribution in [-0.4, -0.2) is 20.2 Å². The Bertz CT molecular complexity index is 457. The summed E-state index contributed by atoms with van der Waals surface area (Å²) in [6, 6.07) is 3.81. The zero-order chi connectivity index (χ0) is 9.26. The summed E-state index contributed by atoms with van der Waals surface area (Å²) < 4.78 is 2.90. The summed E-state index contributed by atoms with van der Waals surface area (Å²) in [7, 11) is 0. The van der Waals surface area contributed by atoms with Gasteiger partial charge >= 0.3 is 0 Å². The minimum absolute atomic E-state index is 0.449. The lowest BCUT2D eigenvalue weighted by molar-refractivity contribution is 0.648. The lowest BCUT2D eigenvalue weighted by atomic mass is 10.5. The number of thiophene rings is 1. The van der Waals surface area contributed by atoms with E-state index in [1.165, 1.54) is 11.3 Å². The number of hydrogen-bond acceptors (Lipinski definition) is 4. The van der Waals surface area contributed by atoms with Crippen LogP contribution in [-0.2, 0) is 6.54 Å². The van der Waals surface area contributed by atoms with Gasteiger partial charge in [0.05, 0.1) is 10.9 Å². The minimum atomic E-state index is 0.449. The molecule has 2 heterocycles. The summed E-state index contributed by atoms with van der Waals surface area (Å²) in [4.78, 5) is 1.12. The number of H-pyrrole nitrogens is 1. The topological polar surface area (TPSA) is 46.5 Å². The van der Waals surface area contributed by atoms with Crippen molar-refractivity contribution in [2.24, 2.45) is 0 Å². The molecule has 7 heteroatoms. The van der Waals surface area contributed by atoms with Crippen molar-refractivity contribution in [2.45, 2.75) is 6.54 Å². The van der Waals surface area contributed by atoms with E-state index in [0.717, 1.165) is 9.21 Å². The maximum Gasteiger partial charge on any atom is 0.238 e. The average Bonchev–Trinajstić information content (AvgIpc) is 2.64. The Morgan fingerprint density at radius 2 is 2.46 bits per heavy atom. The van der Waals surface area contributed by atoms with E-state index in [4.69, 9.17) is 23.8 Å². The fourth-order valence-corrected chi connectivity index (χ4v) is 2.13. The Morgan fingerprint density at radius 3 is 3.00 bits per heavy atom. The molecule has 2 aromatic heterocycles. The van der Waals surface area contributed by atoms with Crippen molar-refractivity contribution in [1.82, 2.24) is 20.2 Å². The monoisotopic (exact) mass is 232 g/mol. The molecule has 0 aliphatic rings. The number of aromatic nitrogens is 4. The number of nitrogens with one attached hydrogen (secondary N) is 1. The van der Waals surface area contributed by atoms with Crippen LogP contribution in [0.25, 0.3) is 0 Å². The van der Waals surface area contributed by atoms with Crippen LogP contribution in [0.5, 0.6) is 0 Å². The second-order valence-corrected chi connectivity index (χ2v) is 4.54. The van der Waals surface area contributed by atoms with Gasteiger partial charge in [-0.05, 0) is 24.4 Å². The van der Waals surface area contributed by atoms with E-state index in [-0.39, 0.29) is 0 Å². The van der Waals surface area contributed by atoms with Crippen LogP contribution in [0.4, 0.5) is 0 Å². The van der Waals surface area contributed by atoms with Gasteiger partial charge in [-0.25, -0.2) is 4.68 Å². The Morgan fingerprint density at radius 1 is 1.62 bits per heavy atom. The van der Waals surface area contributed by atoms with Crippen molar-refractivity contribution >= 4 is 35.2 Å². The van der Waals surface area contributed by atoms with Crippen LogP contribution in [0.1, 0.15) is 4.88 Å². The van der Waals surface area contributed by atoms with E-state index in [1.807, 2.05) is 12.1 Å². The van der Waals surface area contributed by atoms with Crippen LogP contribution in [0, 0.1) is 4.77 Å². The molecule has 0 aliphatic carbocycles. The smallest absolute Gasteiger partial charge is 0.237 e. The third-order valence-electron chi connectivity index (χ3n) is 1.47. The van der Waals surface area contributed by atoms with Gasteiger partial charge in [-0.3, -0.25) is 0 Å². The number of halogens is 1. The second kappa shape index (κ2) is 3.57. The molecule has 0 aromatic carbocycles. The molecule has 13 heavy (non-hydrogen) atoms. The first-order chi connectivity index (χ1) is 6.25. The highest BCUT2D eigenvalue weighted by Gasteiger charge is 2.00. The predicted molar refractivity (Wildman–Crippen MR) is 53.6 cm³/mol. The van der Waals surface area contributed by atoms with E-state index in [9.17, 15) is 0 Å². The van der Waals surface area contributed by atoms with Crippen molar-refractivity contribution in [3.8, 4) is 0 Å². The van der Waals surface area contributed by atoms with E-state index in [0.29, 0.717) is 11.3 Å². The zero-order valence-corrected chi connectivity index (χ0v) is 8.79. The molecule has 0 aliphatic heterocycles. The number of tetrazole rings is 1. The third kappa shape index (κ3) is 1.96. The molecule has 0 amide bonds. The molecule has 1 N–H and O–H groups in total. The van der Waals surface area contributed by atoms with Crippen molar-refractivity contribution in [1.29, 1.82) is 0 Å². The lowest BCUT2D eigenvalue weighted by Crippen LogP contribution is -1.99. The summed E-state index contributed by atoms with van der Waals surface area (Å²) in [5.41, 5.74) is 0. The Balaban J connectivity index is 2.24. The highest BCUT2D eigenvalue weighted by molar-refractivity contribution is 7.71. The summed E-state index contributed by atoms with van der Waals surface area (Å²) >= 11 is 12.2. The van der Waals surface area contributed by atoms with Gasteiger partial charge in [0.15, 0.2) is 0 Å². The summed E-state index contributed by atoms with van der Waals surface area (Å²) in [5, 5.41) is 9.92. The van der Waals surface area contributed by atoms with Gasteiger partial charge in [0, 0.05) is 4.88 Å². The number of rotatable bonds is 2. The van der Waals surface area contributed by atoms with Crippen LogP contribution >= 0.6 is 35.2 Å². The largest absolute Gasteiger partial charge is 0.238 e. The fourth-order valence-electron chi connectivity index (χ4n) is 0.911. The van der Waals surface area contributed by atoms with Crippen LogP contribution in [0.3, 0.4) is 0 Å². The first-order valence-corrected chi connectivity index (χ1v) is 5.08. The van der Waals surface area contributed by atoms with Crippen molar-refractivity contribution in [3.63, 3.8) is 0 Å². The fraction of sp³-hybridized carbons (Fsp3) is 0.167. The van der Waals surface area contributed by atoms with Gasteiger partial charge in [0.25, 0.3) is 0 Å². The first kappa shape index (κ1) is 8.86. The van der Waals surface area contributed by atoms with Gasteiger partial charge in [-0.2, -0.15) is 5.21 Å². The van der Waals surface area contributed by atoms with E-state index in [2.05, 4.69) is 15.5 Å². The predicted octanol–water partition coefficient (Wildman–Crippen LogP) is 2.10. The summed E-state index contributed by atoms with van der Waals surface area (Å²) in [6.07, 6.45) is 0. The van der Waals surface area contributed by atoms with Crippen LogP contribution in [0.15, 0.2) is 12.1 Å². The molecule has 0 fully saturated rings. The Labute approximate surface area is 88.1 Å². The number of hydrogen-bond donors (Lipinski definition) is 1. The molecule has 0 bridgehead atoms. The molecule has 68 valence electrons. The van der Waals surface area contributed by atoms with E-state index < -0.39 is 0 Å². The van der Waals surface area contributed by atoms with Gasteiger partial charge < -0.3 is 0 Å². The first-order valence-electron chi connectivity index (χ1n) is 3.48. The van der Waals surface area contributed by atoms with Crippen molar-refractivity contribution in [3.05, 3.63) is 26.1 Å². The number of nitrogens with zero attached hydrogens (tertiary/aromatic N) is 3. The molecule has 0 radical (unpaired) electrons. The Kier molecular flexibility index (Phi) is 2.43. The molecular formula is C6H5ClN4S2. The maximum atomic E-state index is 5.78. The van der Waals surface area contributed by atoms with Crippen LogP contribution in [0.2, 0.25) is 4.34 Å². The molecule has 2 aromatic rings. The summed E-state index contributed by atoms with van der Waals surface area (Å²) in [5.74, 6) is 0. The molecule has 0 atom stereocenters. The van der Waals surface area contributed by atoms with Crippen molar-refractivity contribution < 1.29 is 0 Å². The Hall–Kier alpha value is -0.720. The van der Waals surface area contributed by atoms with Gasteiger partial charge in [0.1, 0.15) is 0 Å². The highest BCUT2D eigenvalue weighted by Crippen LogP contribution is 2.21. The molecule has 0 saturated heterocycles. The summed E-state index contributed by atoms with van der Waals surface area (Å²) in [6.45, 7) is 0.642. The molecule has 2 rings (SSSR count). The average molecular weight is 233 g/mol. The van der Waals surface area contributed by atoms with Crippen LogP contribution < -0.4 is 0 Å². The maximum absolute atomic E-state index is 5.78. The van der Waals surface area contributed by atoms with Gasteiger partial charge in [-0.1, -0.05) is 21.9 Å². The SMILES string of the molecule is S=c1nn[nH]n1Cc1ccc(Cl)s1. The van der Waals surface area contributed by atoms with Gasteiger partial charge in [0.2, 0.25) is 4.77 Å². The minimum Gasteiger partial charge on any atom is -0.237 e. The normalized spacial score (nSPS) is 10.5. The quantitative estimate of drug-likeness (QED) is 0.807. The molecular weight excluding hydrogens is 228 g/mol. The standard InChI is InChI=1S/C6H5ClN4S2/c7-5-2-1-4(13-5)3-11-6(12)8-9-10-11/h1-2H,3H2,(H,8,10,12). The van der Waals surface area contributed by atoms with E-state index in [1.54, 1.807) is 4.68 Å². The lowest BCUT2D eigenvalue weighted by Gasteiger charge is -1.95. The third-order valence-corrected chi connectivity index (χ3v) is 2.99. The zero-order valence-electron chi connectivity index (χ0n) is 6.40. The van der Waals surface area contributed by atoms with Crippen molar-refractivity contribution in [2.75, 3.05) is 0 Å². The highest BCUT2D eigenvalue weighted by atomic mass is 35.5. The molecule has 0 spiro atoms. The molecule has 0 saturated carbocycles. The second-order valence-electron chi connectivity index (χ2n) is 2.37. The molecule has 0 unspecified atom stereocenters.